The molecular formula is C43H43N2NiO3P. The van der Waals surface area contributed by atoms with Crippen molar-refractivity contribution < 1.29 is 26.5 Å². The van der Waals surface area contributed by atoms with Crippen LogP contribution in [0.15, 0.2) is 163 Å². The van der Waals surface area contributed by atoms with Gasteiger partial charge in [0.1, 0.15) is 21.7 Å². The van der Waals surface area contributed by atoms with E-state index in [9.17, 15) is 15.2 Å². The summed E-state index contributed by atoms with van der Waals surface area (Å²) < 4.78 is 0. The minimum Gasteiger partial charge on any atom is -0.507 e. The third-order valence-corrected chi connectivity index (χ3v) is 10.3. The Hall–Kier alpha value is -4.89. The van der Waals surface area contributed by atoms with Gasteiger partial charge in [0.15, 0.2) is 0 Å². The Morgan fingerprint density at radius 3 is 1.52 bits per heavy atom. The van der Waals surface area contributed by atoms with Crippen molar-refractivity contribution in [3.63, 3.8) is 0 Å². The number of para-hydroxylation sites is 1. The van der Waals surface area contributed by atoms with Gasteiger partial charge >= 0.3 is 0 Å². The van der Waals surface area contributed by atoms with Crippen LogP contribution in [0.1, 0.15) is 43.4 Å². The van der Waals surface area contributed by atoms with E-state index in [1.165, 1.54) is 40.3 Å². The Kier molecular flexibility index (Phi) is 17.4. The van der Waals surface area contributed by atoms with Crippen molar-refractivity contribution in [2.45, 2.75) is 39.5 Å². The molecule has 0 fully saturated rings. The Morgan fingerprint density at radius 2 is 1.14 bits per heavy atom. The number of nitro benzene ring substituents is 1. The molecule has 50 heavy (non-hydrogen) atoms. The summed E-state index contributed by atoms with van der Waals surface area (Å²) in [5, 5.41) is 25.1. The third kappa shape index (κ3) is 12.2. The van der Waals surface area contributed by atoms with Crippen LogP contribution in [0.2, 0.25) is 0 Å². The van der Waals surface area contributed by atoms with Crippen molar-refractivity contribution >= 4 is 41.4 Å². The third-order valence-electron chi connectivity index (χ3n) is 7.59. The molecule has 258 valence electrons. The van der Waals surface area contributed by atoms with E-state index in [-0.39, 0.29) is 27.9 Å². The van der Waals surface area contributed by atoms with Crippen molar-refractivity contribution in [2.75, 3.05) is 0 Å². The molecule has 6 aromatic carbocycles. The average molecular weight is 725 g/mol. The van der Waals surface area contributed by atoms with Gasteiger partial charge in [-0.1, -0.05) is 99.5 Å². The summed E-state index contributed by atoms with van der Waals surface area (Å²) in [5.74, 6) is -0.0191. The Labute approximate surface area is 307 Å². The van der Waals surface area contributed by atoms with E-state index < -0.39 is 12.8 Å². The van der Waals surface area contributed by atoms with Gasteiger partial charge in [-0.3, -0.25) is 15.1 Å². The molecule has 7 heteroatoms. The molecule has 0 unspecified atom stereocenters. The second-order valence-electron chi connectivity index (χ2n) is 11.2. The van der Waals surface area contributed by atoms with Crippen molar-refractivity contribution in [3.05, 3.63) is 191 Å². The zero-order chi connectivity index (χ0) is 34.7. The molecule has 0 bridgehead atoms. The molecule has 6 rings (SSSR count). The summed E-state index contributed by atoms with van der Waals surface area (Å²) in [4.78, 5) is 15.0. The van der Waals surface area contributed by atoms with Crippen LogP contribution in [0.5, 0.6) is 5.75 Å². The van der Waals surface area contributed by atoms with Crippen LogP contribution < -0.4 is 15.9 Å². The SMILES string of the molecule is CCCc1cccc(CCC)c1N=Cc1cc([N+](=O)[O-])ccc1O.[Ni].[c-]1ccccc1.c1ccc([PH+](c2ccccc2)c2ccccc2)cc1. The maximum Gasteiger partial charge on any atom is 0.270 e. The zero-order valence-corrected chi connectivity index (χ0v) is 30.4. The monoisotopic (exact) mass is 724 g/mol. The number of hydrogen-bond donors (Lipinski definition) is 1. The van der Waals surface area contributed by atoms with Crippen LogP contribution in [-0.2, 0) is 29.3 Å². The van der Waals surface area contributed by atoms with Crippen LogP contribution in [0.4, 0.5) is 11.4 Å². The van der Waals surface area contributed by atoms with E-state index >= 15 is 0 Å². The number of phenols is 1. The van der Waals surface area contributed by atoms with Crippen molar-refractivity contribution in [3.8, 4) is 5.75 Å². The van der Waals surface area contributed by atoms with Gasteiger partial charge in [0.25, 0.3) is 5.69 Å². The number of phenolic OH excluding ortho intramolecular Hbond substituents is 1. The summed E-state index contributed by atoms with van der Waals surface area (Å²) in [6.45, 7) is 4.23. The zero-order valence-electron chi connectivity index (χ0n) is 28.4. The van der Waals surface area contributed by atoms with Crippen molar-refractivity contribution in [1.29, 1.82) is 0 Å². The molecule has 0 amide bonds. The summed E-state index contributed by atoms with van der Waals surface area (Å²) in [5.41, 5.74) is 3.50. The number of nitro groups is 1. The van der Waals surface area contributed by atoms with Gasteiger partial charge in [-0.15, -0.1) is 0 Å². The van der Waals surface area contributed by atoms with E-state index in [1.54, 1.807) is 0 Å². The summed E-state index contributed by atoms with van der Waals surface area (Å²) in [6.07, 6.45) is 5.38. The van der Waals surface area contributed by atoms with E-state index in [0.29, 0.717) is 5.56 Å². The van der Waals surface area contributed by atoms with E-state index in [4.69, 9.17) is 0 Å². The number of non-ortho nitro benzene ring substituents is 1. The molecule has 0 saturated carbocycles. The second kappa shape index (κ2) is 22.0. The Morgan fingerprint density at radius 1 is 0.680 bits per heavy atom. The standard InChI is InChI=1S/C19H22N2O3.C18H15P.C6H5.Ni/c1-3-6-14-8-5-9-15(7-4-2)19(14)20-13-16-12-17(21(23)24)10-11-18(16)22;1-4-10-16(11-5-1)19(17-12-6-2-7-13-17)18-14-8-3-9-15-18;1-2-4-6-5-3-1;/h5,8-13,22H,3-4,6-7H2,1-2H3;1-15H;1-5H;/q;;-1;/p+1. The molecule has 0 aromatic heterocycles. The number of aromatic hydroxyl groups is 1. The number of hydrogen-bond acceptors (Lipinski definition) is 4. The van der Waals surface area contributed by atoms with Crippen LogP contribution in [0.3, 0.4) is 0 Å². The first kappa shape index (κ1) is 39.6. The fourth-order valence-corrected chi connectivity index (χ4v) is 7.88. The molecule has 0 aliphatic rings. The molecule has 0 saturated heterocycles. The van der Waals surface area contributed by atoms with Gasteiger partial charge in [-0.25, -0.2) is 0 Å². The molecule has 6 aromatic rings. The first-order valence-corrected chi connectivity index (χ1v) is 18.1. The number of aryl methyl sites for hydroxylation is 2. The molecule has 0 atom stereocenters. The summed E-state index contributed by atoms with van der Waals surface area (Å²) in [6, 6.07) is 55.1. The smallest absolute Gasteiger partial charge is 0.270 e. The van der Waals surface area contributed by atoms with Gasteiger partial charge in [0.05, 0.1) is 18.5 Å². The molecule has 0 radical (unpaired) electrons. The number of rotatable bonds is 10. The minimum atomic E-state index is -0.877. The molecule has 5 nitrogen and oxygen atoms in total. The van der Waals surface area contributed by atoms with Crippen LogP contribution in [0.25, 0.3) is 0 Å². The largest absolute Gasteiger partial charge is 0.507 e. The second-order valence-corrected chi connectivity index (χ2v) is 13.7. The quantitative estimate of drug-likeness (QED) is 0.0382. The van der Waals surface area contributed by atoms with Crippen molar-refractivity contribution in [1.82, 2.24) is 0 Å². The number of nitrogens with zero attached hydrogens (tertiary/aromatic N) is 2. The molecule has 0 aliphatic carbocycles. The van der Waals surface area contributed by atoms with E-state index in [2.05, 4.69) is 128 Å². The molecule has 0 aliphatic heterocycles. The maximum absolute atomic E-state index is 10.9. The van der Waals surface area contributed by atoms with Gasteiger partial charge in [-0.05, 0) is 66.4 Å². The predicted octanol–water partition coefficient (Wildman–Crippen LogP) is 9.62. The Bertz CT molecular complexity index is 1730. The molecular weight excluding hydrogens is 682 g/mol. The average Bonchev–Trinajstić information content (AvgIpc) is 3.15. The summed E-state index contributed by atoms with van der Waals surface area (Å²) >= 11 is 0. The molecule has 0 spiro atoms. The fraction of sp³-hybridized carbons (Fsp3) is 0.140. The Balaban J connectivity index is 0.000000231. The van der Waals surface area contributed by atoms with Crippen LogP contribution in [0, 0.1) is 16.2 Å². The normalized spacial score (nSPS) is 10.3. The van der Waals surface area contributed by atoms with Crippen LogP contribution in [-0.4, -0.2) is 16.2 Å². The summed E-state index contributed by atoms with van der Waals surface area (Å²) in [7, 11) is -0.877. The first-order valence-electron chi connectivity index (χ1n) is 16.6. The van der Waals surface area contributed by atoms with E-state index in [1.807, 2.05) is 36.4 Å². The number of aliphatic imine (C=N–C) groups is 1. The predicted molar refractivity (Wildman–Crippen MR) is 208 cm³/mol. The van der Waals surface area contributed by atoms with Crippen LogP contribution >= 0.6 is 7.92 Å². The van der Waals surface area contributed by atoms with Gasteiger partial charge in [-0.2, -0.15) is 36.4 Å². The number of benzene rings is 6. The molecule has 0 heterocycles. The first-order chi connectivity index (χ1) is 24.0. The van der Waals surface area contributed by atoms with Gasteiger partial charge in [0, 0.05) is 40.4 Å². The van der Waals surface area contributed by atoms with Crippen molar-refractivity contribution in [2.24, 2.45) is 4.99 Å². The topological polar surface area (TPSA) is 75.7 Å². The fourth-order valence-electron chi connectivity index (χ4n) is 5.30. The minimum absolute atomic E-state index is 0. The van der Waals surface area contributed by atoms with Gasteiger partial charge < -0.3 is 5.11 Å². The molecule has 1 N–H and O–H groups in total. The maximum atomic E-state index is 10.9. The van der Waals surface area contributed by atoms with Gasteiger partial charge in [0.2, 0.25) is 0 Å². The van der Waals surface area contributed by atoms with E-state index in [0.717, 1.165) is 42.5 Å².